The second-order valence-corrected chi connectivity index (χ2v) is 3.89. The maximum absolute atomic E-state index is 4.15. The van der Waals surface area contributed by atoms with Gasteiger partial charge in [0, 0.05) is 25.7 Å². The van der Waals surface area contributed by atoms with Crippen LogP contribution in [-0.2, 0) is 0 Å². The van der Waals surface area contributed by atoms with E-state index in [-0.39, 0.29) is 51.4 Å². The van der Waals surface area contributed by atoms with Crippen LogP contribution >= 0.6 is 0 Å². The van der Waals surface area contributed by atoms with E-state index in [1.165, 1.54) is 32.5 Å². The summed E-state index contributed by atoms with van der Waals surface area (Å²) in [6.45, 7) is 7.87. The molecule has 0 aromatic rings. The van der Waals surface area contributed by atoms with Crippen molar-refractivity contribution in [3.05, 3.63) is 6.92 Å². The fourth-order valence-electron chi connectivity index (χ4n) is 2.31. The summed E-state index contributed by atoms with van der Waals surface area (Å²) in [5, 5.41) is 0. The summed E-state index contributed by atoms with van der Waals surface area (Å²) in [5.74, 6) is 0. The van der Waals surface area contributed by atoms with Crippen molar-refractivity contribution >= 4 is 0 Å². The maximum atomic E-state index is 4.15. The van der Waals surface area contributed by atoms with Crippen molar-refractivity contribution in [1.82, 2.24) is 9.80 Å². The molecule has 0 N–H and O–H groups in total. The van der Waals surface area contributed by atoms with E-state index in [0.717, 1.165) is 6.04 Å². The largest absolute Gasteiger partial charge is 1.00 e. The van der Waals surface area contributed by atoms with Gasteiger partial charge in [0.05, 0.1) is 0 Å². The van der Waals surface area contributed by atoms with Crippen LogP contribution in [0.2, 0.25) is 0 Å². The van der Waals surface area contributed by atoms with Crippen LogP contribution in [0.1, 0.15) is 12.8 Å². The van der Waals surface area contributed by atoms with Gasteiger partial charge in [-0.1, -0.05) is 6.42 Å². The molecule has 0 aliphatic carbocycles. The molecule has 2 unspecified atom stereocenters. The third-order valence-corrected chi connectivity index (χ3v) is 3.03. The summed E-state index contributed by atoms with van der Waals surface area (Å²) in [4.78, 5) is 5.00. The molecule has 0 amide bonds. The molecular formula is C9H17KN2. The molecule has 3 heteroatoms. The molecule has 0 spiro atoms. The van der Waals surface area contributed by atoms with E-state index in [1.54, 1.807) is 0 Å². The molecule has 0 aromatic heterocycles. The SMILES string of the molecule is [CH2-]C1CCC2CN(C)CCN12.[K+]. The van der Waals surface area contributed by atoms with Crippen LogP contribution in [0.5, 0.6) is 0 Å². The first kappa shape index (κ1) is 11.6. The van der Waals surface area contributed by atoms with Gasteiger partial charge in [0.2, 0.25) is 0 Å². The summed E-state index contributed by atoms with van der Waals surface area (Å²) in [6.07, 6.45) is 2.66. The Balaban J connectivity index is 0.000000720. The van der Waals surface area contributed by atoms with E-state index >= 15 is 0 Å². The second-order valence-electron chi connectivity index (χ2n) is 3.89. The molecule has 0 bridgehead atoms. The summed E-state index contributed by atoms with van der Waals surface area (Å²) in [7, 11) is 2.22. The number of hydrogen-bond donors (Lipinski definition) is 0. The molecule has 2 heterocycles. The summed E-state index contributed by atoms with van der Waals surface area (Å²) in [5.41, 5.74) is 0. The third kappa shape index (κ3) is 2.32. The molecule has 64 valence electrons. The number of hydrogen-bond acceptors (Lipinski definition) is 2. The Labute approximate surface area is 118 Å². The van der Waals surface area contributed by atoms with Crippen molar-refractivity contribution in [2.45, 2.75) is 24.9 Å². The maximum Gasteiger partial charge on any atom is 1.00 e. The third-order valence-electron chi connectivity index (χ3n) is 3.03. The second kappa shape index (κ2) is 4.87. The number of rotatable bonds is 0. The van der Waals surface area contributed by atoms with Gasteiger partial charge in [0.1, 0.15) is 0 Å². The van der Waals surface area contributed by atoms with Gasteiger partial charge in [-0.25, -0.2) is 0 Å². The van der Waals surface area contributed by atoms with E-state index in [9.17, 15) is 0 Å². The zero-order valence-electron chi connectivity index (χ0n) is 8.29. The average molecular weight is 192 g/mol. The first-order chi connectivity index (χ1) is 5.27. The van der Waals surface area contributed by atoms with E-state index in [1.807, 2.05) is 0 Å². The Bertz CT molecular complexity index is 151. The number of piperazine rings is 1. The molecule has 2 atom stereocenters. The molecule has 2 fully saturated rings. The molecular weight excluding hydrogens is 175 g/mol. The Hall–Kier alpha value is 1.56. The summed E-state index contributed by atoms with van der Waals surface area (Å²) < 4.78 is 0. The van der Waals surface area contributed by atoms with Crippen LogP contribution in [0, 0.1) is 6.92 Å². The predicted octanol–water partition coefficient (Wildman–Crippen LogP) is -2.40. The van der Waals surface area contributed by atoms with Gasteiger partial charge in [-0.15, -0.1) is 6.04 Å². The summed E-state index contributed by atoms with van der Waals surface area (Å²) in [6, 6.07) is 1.42. The van der Waals surface area contributed by atoms with E-state index in [0.29, 0.717) is 6.04 Å². The topological polar surface area (TPSA) is 6.48 Å². The van der Waals surface area contributed by atoms with Crippen molar-refractivity contribution in [1.29, 1.82) is 0 Å². The summed E-state index contributed by atoms with van der Waals surface area (Å²) >= 11 is 0. The van der Waals surface area contributed by atoms with Gasteiger partial charge < -0.3 is 16.7 Å². The number of fused-ring (bicyclic) bond motifs is 1. The first-order valence-corrected chi connectivity index (χ1v) is 4.55. The molecule has 0 radical (unpaired) electrons. The van der Waals surface area contributed by atoms with E-state index in [2.05, 4.69) is 23.8 Å². The van der Waals surface area contributed by atoms with Gasteiger partial charge >= 0.3 is 51.4 Å². The quantitative estimate of drug-likeness (QED) is 0.312. The van der Waals surface area contributed by atoms with Gasteiger partial charge in [0.15, 0.2) is 0 Å². The van der Waals surface area contributed by atoms with Crippen molar-refractivity contribution in [3.63, 3.8) is 0 Å². The Morgan fingerprint density at radius 3 is 2.75 bits per heavy atom. The zero-order chi connectivity index (χ0) is 7.84. The predicted molar refractivity (Wildman–Crippen MR) is 46.4 cm³/mol. The number of nitrogens with zero attached hydrogens (tertiary/aromatic N) is 2. The smallest absolute Gasteiger partial charge is 0.326 e. The Morgan fingerprint density at radius 2 is 2.00 bits per heavy atom. The van der Waals surface area contributed by atoms with E-state index in [4.69, 9.17) is 0 Å². The minimum Gasteiger partial charge on any atom is -0.326 e. The monoisotopic (exact) mass is 192 g/mol. The minimum absolute atomic E-state index is 0. The molecule has 2 saturated heterocycles. The van der Waals surface area contributed by atoms with Gasteiger partial charge in [-0.3, -0.25) is 0 Å². The fraction of sp³-hybridized carbons (Fsp3) is 0.889. The van der Waals surface area contributed by atoms with Gasteiger partial charge in [-0.05, 0) is 13.5 Å². The normalized spacial score (nSPS) is 37.5. The number of likely N-dealkylation sites (N-methyl/N-ethyl adjacent to an activating group) is 1. The molecule has 2 nitrogen and oxygen atoms in total. The molecule has 12 heavy (non-hydrogen) atoms. The van der Waals surface area contributed by atoms with Gasteiger partial charge in [-0.2, -0.15) is 0 Å². The van der Waals surface area contributed by atoms with Crippen molar-refractivity contribution in [2.75, 3.05) is 26.7 Å². The van der Waals surface area contributed by atoms with Gasteiger partial charge in [0.25, 0.3) is 0 Å². The van der Waals surface area contributed by atoms with Crippen LogP contribution < -0.4 is 51.4 Å². The van der Waals surface area contributed by atoms with Crippen LogP contribution in [0.25, 0.3) is 0 Å². The van der Waals surface area contributed by atoms with Crippen LogP contribution in [0.3, 0.4) is 0 Å². The van der Waals surface area contributed by atoms with E-state index < -0.39 is 0 Å². The Morgan fingerprint density at radius 1 is 1.25 bits per heavy atom. The van der Waals surface area contributed by atoms with Crippen LogP contribution in [0.15, 0.2) is 0 Å². The first-order valence-electron chi connectivity index (χ1n) is 4.55. The molecule has 0 aromatic carbocycles. The fourth-order valence-corrected chi connectivity index (χ4v) is 2.31. The van der Waals surface area contributed by atoms with Crippen molar-refractivity contribution < 1.29 is 51.4 Å². The molecule has 2 aliphatic rings. The van der Waals surface area contributed by atoms with Crippen LogP contribution in [-0.4, -0.2) is 48.6 Å². The van der Waals surface area contributed by atoms with Crippen molar-refractivity contribution in [3.8, 4) is 0 Å². The molecule has 2 aliphatic heterocycles. The average Bonchev–Trinajstić information content (AvgIpc) is 2.32. The minimum atomic E-state index is 0. The standard InChI is InChI=1S/C9H17N2.K/c1-8-3-4-9-7-10(2)5-6-11(8)9;/h8-9H,1,3-7H2,2H3;/q-1;+1. The van der Waals surface area contributed by atoms with Crippen LogP contribution in [0.4, 0.5) is 0 Å². The molecule has 0 saturated carbocycles. The molecule has 2 rings (SSSR count). The Kier molecular flexibility index (Phi) is 4.72. The zero-order valence-corrected chi connectivity index (χ0v) is 11.4. The van der Waals surface area contributed by atoms with Crippen molar-refractivity contribution in [2.24, 2.45) is 0 Å².